The number of alkyl halides is 10. The summed E-state index contributed by atoms with van der Waals surface area (Å²) in [6.07, 6.45) is -4.43. The minimum atomic E-state index is -6.84. The second-order valence-electron chi connectivity index (χ2n) is 11.6. The van der Waals surface area contributed by atoms with E-state index in [1.54, 1.807) is 0 Å². The van der Waals surface area contributed by atoms with Crippen LogP contribution in [0.1, 0.15) is 92.4 Å². The van der Waals surface area contributed by atoms with Crippen molar-refractivity contribution in [2.45, 2.75) is 142 Å². The lowest BCUT2D eigenvalue weighted by Gasteiger charge is -2.34. The van der Waals surface area contributed by atoms with E-state index in [1.807, 2.05) is 0 Å². The van der Waals surface area contributed by atoms with Crippen molar-refractivity contribution < 1.29 is 58.9 Å². The Balaban J connectivity index is 0. The van der Waals surface area contributed by atoms with Crippen molar-refractivity contribution in [1.82, 2.24) is 13.7 Å². The lowest BCUT2D eigenvalue weighted by Crippen LogP contribution is -2.61. The maximum Gasteiger partial charge on any atom is 0.430 e. The molecule has 21 heteroatoms. The van der Waals surface area contributed by atoms with Crippen molar-refractivity contribution in [3.8, 4) is 0 Å². The van der Waals surface area contributed by atoms with E-state index in [1.165, 1.54) is 23.5 Å². The quantitative estimate of drug-likeness (QED) is 0.0669. The number of rotatable bonds is 28. The molecule has 1 rings (SSSR count). The molecule has 1 aromatic heterocycles. The van der Waals surface area contributed by atoms with Gasteiger partial charge < -0.3 is 10.2 Å². The summed E-state index contributed by atoms with van der Waals surface area (Å²) in [7, 11) is 0. The molecule has 1 heterocycles. The van der Waals surface area contributed by atoms with Gasteiger partial charge in [0.05, 0.1) is 6.61 Å². The highest BCUT2D eigenvalue weighted by Crippen LogP contribution is 2.50. The van der Waals surface area contributed by atoms with Crippen LogP contribution < -0.4 is 17.1 Å². The van der Waals surface area contributed by atoms with Crippen LogP contribution in [0.25, 0.3) is 0 Å². The first-order valence-corrected chi connectivity index (χ1v) is 18.4. The summed E-state index contributed by atoms with van der Waals surface area (Å²) in [6, 6.07) is 0. The molecule has 2 N–H and O–H groups in total. The molecule has 0 fully saturated rings. The van der Waals surface area contributed by atoms with Crippen LogP contribution in [0.5, 0.6) is 0 Å². The smallest absolute Gasteiger partial charge is 0.396 e. The van der Waals surface area contributed by atoms with Gasteiger partial charge in [-0.1, -0.05) is 59.8 Å². The van der Waals surface area contributed by atoms with Gasteiger partial charge in [-0.15, -0.1) is 0 Å². The minimum Gasteiger partial charge on any atom is -0.396 e. The molecule has 9 nitrogen and oxygen atoms in total. The van der Waals surface area contributed by atoms with Gasteiger partial charge in [0.2, 0.25) is 0 Å². The highest BCUT2D eigenvalue weighted by Gasteiger charge is 2.75. The van der Waals surface area contributed by atoms with Gasteiger partial charge in [0, 0.05) is 32.4 Å². The van der Waals surface area contributed by atoms with Crippen molar-refractivity contribution in [2.75, 3.05) is 36.2 Å². The Kier molecular flexibility index (Phi) is 24.1. The van der Waals surface area contributed by atoms with Crippen molar-refractivity contribution in [1.29, 1.82) is 0 Å². The van der Waals surface area contributed by atoms with Gasteiger partial charge in [-0.25, -0.2) is 32.8 Å². The Labute approximate surface area is 305 Å². The second-order valence-corrected chi connectivity index (χ2v) is 14.1. The van der Waals surface area contributed by atoms with E-state index in [2.05, 4.69) is 4.74 Å². The SMILES string of the molecule is C.C.CC(F)(F)C(F)(F)C(F)(F)OC(F)(F)C(F)(F)Cn1c(=O)n(CCCSCCO)c(=O)n(CCCSCCCCCCCCCCCO)c1=O. The van der Waals surface area contributed by atoms with Crippen LogP contribution in [0.4, 0.5) is 43.9 Å². The largest absolute Gasteiger partial charge is 0.430 e. The lowest BCUT2D eigenvalue weighted by molar-refractivity contribution is -0.485. The standard InChI is InChI=1S/C29H45F10N3O6S2.2CH4/c1-25(30,31)27(34,35)29(38,39)48-28(36,37)26(32,33)21-42-23(46)40(22(45)41(24(42)47)14-12-19-50-20-16-44)13-11-18-49-17-10-8-6-4-2-3-5-7-9-15-43;;/h43-44H,2-21H2,1H3;2*1H4. The molecule has 0 aliphatic heterocycles. The summed E-state index contributed by atoms with van der Waals surface area (Å²) in [5, 5.41) is 17.7. The Morgan fingerprint density at radius 1 is 0.538 bits per heavy atom. The van der Waals surface area contributed by atoms with Gasteiger partial charge in [0.25, 0.3) is 0 Å². The first-order chi connectivity index (χ1) is 23.2. The third-order valence-electron chi connectivity index (χ3n) is 7.36. The van der Waals surface area contributed by atoms with E-state index in [4.69, 9.17) is 10.2 Å². The topological polar surface area (TPSA) is 116 Å². The number of aromatic nitrogens is 3. The molecule has 1 aromatic rings. The van der Waals surface area contributed by atoms with Crippen LogP contribution in [0.3, 0.4) is 0 Å². The molecule has 0 amide bonds. The maximum atomic E-state index is 14.7. The van der Waals surface area contributed by atoms with E-state index < -0.39 is 78.2 Å². The fraction of sp³-hybridized carbons (Fsp3) is 0.903. The number of hydrogen-bond acceptors (Lipinski definition) is 8. The van der Waals surface area contributed by atoms with E-state index in [-0.39, 0.29) is 57.0 Å². The summed E-state index contributed by atoms with van der Waals surface area (Å²) >= 11 is 2.63. The van der Waals surface area contributed by atoms with Crippen LogP contribution in [-0.4, -0.2) is 90.1 Å². The molecule has 0 saturated carbocycles. The van der Waals surface area contributed by atoms with Crippen molar-refractivity contribution in [2.24, 2.45) is 0 Å². The fourth-order valence-electron chi connectivity index (χ4n) is 4.52. The third-order valence-corrected chi connectivity index (χ3v) is 9.57. The van der Waals surface area contributed by atoms with Crippen molar-refractivity contribution in [3.63, 3.8) is 0 Å². The van der Waals surface area contributed by atoms with E-state index >= 15 is 0 Å². The number of nitrogens with zero attached hydrogens (tertiary/aromatic N) is 3. The van der Waals surface area contributed by atoms with Gasteiger partial charge >= 0.3 is 47.1 Å². The van der Waals surface area contributed by atoms with Gasteiger partial charge in [-0.3, -0.25) is 0 Å². The normalized spacial score (nSPS) is 12.9. The number of thioether (sulfide) groups is 2. The third kappa shape index (κ3) is 15.6. The summed E-state index contributed by atoms with van der Waals surface area (Å²) in [5.41, 5.74) is -4.93. The van der Waals surface area contributed by atoms with E-state index in [0.717, 1.165) is 63.5 Å². The minimum absolute atomic E-state index is 0. The maximum absolute atomic E-state index is 14.7. The van der Waals surface area contributed by atoms with Crippen molar-refractivity contribution in [3.05, 3.63) is 31.5 Å². The molecule has 0 saturated heterocycles. The number of ether oxygens (including phenoxy) is 1. The first kappa shape index (κ1) is 52.4. The number of aliphatic hydroxyl groups is 2. The monoisotopic (exact) mass is 817 g/mol. The van der Waals surface area contributed by atoms with Crippen LogP contribution in [0, 0.1) is 0 Å². The Hall–Kier alpha value is -1.71. The molecule has 0 radical (unpaired) electrons. The Bertz CT molecular complexity index is 1320. The van der Waals surface area contributed by atoms with Gasteiger partial charge in [-0.2, -0.15) is 67.4 Å². The molecular weight excluding hydrogens is 764 g/mol. The molecule has 0 aliphatic rings. The second kappa shape index (κ2) is 23.9. The zero-order valence-corrected chi connectivity index (χ0v) is 29.2. The van der Waals surface area contributed by atoms with Crippen LogP contribution in [0.15, 0.2) is 14.4 Å². The molecule has 0 aromatic carbocycles. The first-order valence-electron chi connectivity index (χ1n) is 16.1. The molecule has 0 bridgehead atoms. The lowest BCUT2D eigenvalue weighted by atomic mass is 10.1. The average molecular weight is 818 g/mol. The summed E-state index contributed by atoms with van der Waals surface area (Å²) in [6.45, 7) is -4.51. The van der Waals surface area contributed by atoms with Crippen LogP contribution in [0.2, 0.25) is 0 Å². The predicted molar refractivity (Wildman–Crippen MR) is 184 cm³/mol. The summed E-state index contributed by atoms with van der Waals surface area (Å²) in [5.74, 6) is -16.8. The average Bonchev–Trinajstić information content (AvgIpc) is 3.01. The number of halogens is 10. The molecule has 310 valence electrons. The summed E-state index contributed by atoms with van der Waals surface area (Å²) in [4.78, 5) is 39.0. The molecule has 0 atom stereocenters. The van der Waals surface area contributed by atoms with E-state index in [0.29, 0.717) is 10.3 Å². The molecular formula is C31H53F10N3O6S2. The van der Waals surface area contributed by atoms with Crippen LogP contribution in [-0.2, 0) is 24.4 Å². The molecule has 0 aliphatic carbocycles. The predicted octanol–water partition coefficient (Wildman–Crippen LogP) is 7.31. The zero-order valence-electron chi connectivity index (χ0n) is 27.6. The zero-order chi connectivity index (χ0) is 38.2. The highest BCUT2D eigenvalue weighted by molar-refractivity contribution is 7.99. The van der Waals surface area contributed by atoms with E-state index in [9.17, 15) is 58.3 Å². The van der Waals surface area contributed by atoms with Gasteiger partial charge in [-0.05, 0) is 42.9 Å². The Morgan fingerprint density at radius 3 is 1.35 bits per heavy atom. The molecule has 0 spiro atoms. The molecule has 52 heavy (non-hydrogen) atoms. The molecule has 0 unspecified atom stereocenters. The highest BCUT2D eigenvalue weighted by atomic mass is 32.2. The van der Waals surface area contributed by atoms with Gasteiger partial charge in [0.15, 0.2) is 0 Å². The summed E-state index contributed by atoms with van der Waals surface area (Å²) < 4.78 is 141. The van der Waals surface area contributed by atoms with Crippen LogP contribution >= 0.6 is 23.5 Å². The van der Waals surface area contributed by atoms with Crippen molar-refractivity contribution >= 4 is 23.5 Å². The Morgan fingerprint density at radius 2 is 0.923 bits per heavy atom. The van der Waals surface area contributed by atoms with Gasteiger partial charge in [0.1, 0.15) is 6.54 Å². The fourth-order valence-corrected chi connectivity index (χ4v) is 6.13. The number of hydrogen-bond donors (Lipinski definition) is 2. The number of unbranched alkanes of at least 4 members (excludes halogenated alkanes) is 8. The number of aliphatic hydroxyl groups excluding tert-OH is 2.